The number of halogens is 2. The summed E-state index contributed by atoms with van der Waals surface area (Å²) in [7, 11) is 0. The Hall–Kier alpha value is -2.03. The molecule has 5 nitrogen and oxygen atoms in total. The van der Waals surface area contributed by atoms with Crippen LogP contribution in [0.2, 0.25) is 0 Å². The van der Waals surface area contributed by atoms with Gasteiger partial charge in [0.15, 0.2) is 5.11 Å². The molecule has 2 N–H and O–H groups in total. The quantitative estimate of drug-likeness (QED) is 0.385. The number of hydrogen-bond acceptors (Lipinski definition) is 4. The highest BCUT2D eigenvalue weighted by atomic mass is 79.9. The summed E-state index contributed by atoms with van der Waals surface area (Å²) in [6.45, 7) is 0.335. The van der Waals surface area contributed by atoms with Crippen LogP contribution in [0.3, 0.4) is 0 Å². The van der Waals surface area contributed by atoms with Crippen molar-refractivity contribution >= 4 is 67.1 Å². The maximum Gasteiger partial charge on any atom is 0.263 e. The van der Waals surface area contributed by atoms with Crippen LogP contribution >= 0.6 is 44.1 Å². The Balaban J connectivity index is 1.90. The van der Waals surface area contributed by atoms with Crippen LogP contribution in [0.1, 0.15) is 11.1 Å². The zero-order valence-electron chi connectivity index (χ0n) is 13.2. The van der Waals surface area contributed by atoms with Crippen LogP contribution in [-0.2, 0) is 16.2 Å². The predicted octanol–water partition coefficient (Wildman–Crippen LogP) is 3.70. The average molecular weight is 496 g/mol. The van der Waals surface area contributed by atoms with Gasteiger partial charge in [0.25, 0.3) is 11.8 Å². The molecule has 0 aliphatic carbocycles. The maximum absolute atomic E-state index is 12.1. The first-order chi connectivity index (χ1) is 12.4. The van der Waals surface area contributed by atoms with E-state index >= 15 is 0 Å². The first-order valence-electron chi connectivity index (χ1n) is 7.48. The SMILES string of the molecule is O=C1NC(=S)NC(=O)C1=Cc1cc(Br)ccc1OCc1ccccc1Br. The number of carbonyl (C=O) groups is 2. The van der Waals surface area contributed by atoms with Gasteiger partial charge in [0.2, 0.25) is 0 Å². The van der Waals surface area contributed by atoms with Crippen LogP contribution in [0.5, 0.6) is 5.75 Å². The molecule has 2 aromatic rings. The van der Waals surface area contributed by atoms with Crippen molar-refractivity contribution in [2.75, 3.05) is 0 Å². The summed E-state index contributed by atoms with van der Waals surface area (Å²) in [5.74, 6) is -0.545. The van der Waals surface area contributed by atoms with Gasteiger partial charge in [0, 0.05) is 20.1 Å². The molecule has 0 atom stereocenters. The van der Waals surface area contributed by atoms with Crippen LogP contribution in [0, 0.1) is 0 Å². The first-order valence-corrected chi connectivity index (χ1v) is 9.47. The lowest BCUT2D eigenvalue weighted by molar-refractivity contribution is -0.123. The van der Waals surface area contributed by atoms with Crippen molar-refractivity contribution < 1.29 is 14.3 Å². The lowest BCUT2D eigenvalue weighted by Gasteiger charge is -2.17. The molecule has 1 aliphatic heterocycles. The lowest BCUT2D eigenvalue weighted by atomic mass is 10.1. The zero-order valence-corrected chi connectivity index (χ0v) is 17.2. The van der Waals surface area contributed by atoms with E-state index in [1.165, 1.54) is 6.08 Å². The molecule has 8 heteroatoms. The van der Waals surface area contributed by atoms with Gasteiger partial charge in [-0.2, -0.15) is 0 Å². The smallest absolute Gasteiger partial charge is 0.263 e. The Morgan fingerprint density at radius 3 is 2.42 bits per heavy atom. The Bertz CT molecular complexity index is 922. The summed E-state index contributed by atoms with van der Waals surface area (Å²) in [5.41, 5.74) is 1.54. The number of amides is 2. The van der Waals surface area contributed by atoms with Gasteiger partial charge in [-0.05, 0) is 42.6 Å². The second-order valence-electron chi connectivity index (χ2n) is 5.36. The Morgan fingerprint density at radius 2 is 1.73 bits per heavy atom. The molecule has 0 bridgehead atoms. The molecule has 2 aromatic carbocycles. The summed E-state index contributed by atoms with van der Waals surface area (Å²) >= 11 is 11.7. The van der Waals surface area contributed by atoms with E-state index in [1.54, 1.807) is 12.1 Å². The minimum atomic E-state index is -0.546. The molecular weight excluding hydrogens is 484 g/mol. The molecule has 0 spiro atoms. The van der Waals surface area contributed by atoms with Crippen LogP contribution < -0.4 is 15.4 Å². The van der Waals surface area contributed by atoms with Gasteiger partial charge in [0.05, 0.1) is 0 Å². The number of ether oxygens (including phenoxy) is 1. The topological polar surface area (TPSA) is 67.4 Å². The number of carbonyl (C=O) groups excluding carboxylic acids is 2. The van der Waals surface area contributed by atoms with Crippen molar-refractivity contribution in [2.24, 2.45) is 0 Å². The van der Waals surface area contributed by atoms with Crippen LogP contribution in [-0.4, -0.2) is 16.9 Å². The van der Waals surface area contributed by atoms with Gasteiger partial charge in [0.1, 0.15) is 17.9 Å². The summed E-state index contributed by atoms with van der Waals surface area (Å²) in [5, 5.41) is 4.82. The third kappa shape index (κ3) is 4.38. The van der Waals surface area contributed by atoms with Crippen molar-refractivity contribution in [2.45, 2.75) is 6.61 Å². The van der Waals surface area contributed by atoms with Gasteiger partial charge in [-0.15, -0.1) is 0 Å². The molecule has 3 rings (SSSR count). The van der Waals surface area contributed by atoms with E-state index in [4.69, 9.17) is 17.0 Å². The lowest BCUT2D eigenvalue weighted by Crippen LogP contribution is -2.51. The predicted molar refractivity (Wildman–Crippen MR) is 109 cm³/mol. The van der Waals surface area contributed by atoms with Gasteiger partial charge in [-0.1, -0.05) is 50.1 Å². The van der Waals surface area contributed by atoms with E-state index in [9.17, 15) is 9.59 Å². The molecule has 132 valence electrons. The van der Waals surface area contributed by atoms with E-state index in [0.717, 1.165) is 14.5 Å². The fourth-order valence-electron chi connectivity index (χ4n) is 2.30. The van der Waals surface area contributed by atoms with Crippen molar-refractivity contribution in [1.29, 1.82) is 0 Å². The fraction of sp³-hybridized carbons (Fsp3) is 0.0556. The van der Waals surface area contributed by atoms with Gasteiger partial charge < -0.3 is 4.74 Å². The molecule has 1 heterocycles. The van der Waals surface area contributed by atoms with E-state index in [2.05, 4.69) is 42.5 Å². The highest BCUT2D eigenvalue weighted by Crippen LogP contribution is 2.27. The monoisotopic (exact) mass is 494 g/mol. The molecule has 0 aromatic heterocycles. The first kappa shape index (κ1) is 18.8. The molecule has 1 aliphatic rings. The molecule has 0 saturated carbocycles. The second-order valence-corrected chi connectivity index (χ2v) is 7.54. The highest BCUT2D eigenvalue weighted by molar-refractivity contribution is 9.10. The highest BCUT2D eigenvalue weighted by Gasteiger charge is 2.26. The molecule has 1 saturated heterocycles. The summed E-state index contributed by atoms with van der Waals surface area (Å²) in [6.07, 6.45) is 1.48. The van der Waals surface area contributed by atoms with Crippen LogP contribution in [0.25, 0.3) is 6.08 Å². The van der Waals surface area contributed by atoms with E-state index in [1.807, 2.05) is 30.3 Å². The molecular formula is C18H12Br2N2O3S. The van der Waals surface area contributed by atoms with Gasteiger partial charge >= 0.3 is 0 Å². The average Bonchev–Trinajstić information content (AvgIpc) is 2.58. The van der Waals surface area contributed by atoms with Crippen LogP contribution in [0.4, 0.5) is 0 Å². The van der Waals surface area contributed by atoms with E-state index in [-0.39, 0.29) is 10.7 Å². The normalized spacial score (nSPS) is 13.9. The molecule has 0 radical (unpaired) electrons. The van der Waals surface area contributed by atoms with Crippen LogP contribution in [0.15, 0.2) is 57.0 Å². The molecule has 2 amide bonds. The van der Waals surface area contributed by atoms with Crippen molar-refractivity contribution in [3.05, 3.63) is 68.1 Å². The third-order valence-corrected chi connectivity index (χ3v) is 5.03. The third-order valence-electron chi connectivity index (χ3n) is 3.56. The standard InChI is InChI=1S/C18H12Br2N2O3S/c19-12-5-6-15(25-9-10-3-1-2-4-14(10)20)11(7-12)8-13-16(23)21-18(26)22-17(13)24/h1-8H,9H2,(H2,21,22,23,24,26). The van der Waals surface area contributed by atoms with Crippen molar-refractivity contribution in [3.8, 4) is 5.75 Å². The summed E-state index contributed by atoms with van der Waals surface area (Å²) < 4.78 is 7.64. The maximum atomic E-state index is 12.1. The molecule has 1 fully saturated rings. The minimum absolute atomic E-state index is 0.00297. The largest absolute Gasteiger partial charge is 0.488 e. The van der Waals surface area contributed by atoms with Crippen molar-refractivity contribution in [1.82, 2.24) is 10.6 Å². The number of nitrogens with one attached hydrogen (secondary N) is 2. The Labute approximate surface area is 172 Å². The summed E-state index contributed by atoms with van der Waals surface area (Å²) in [4.78, 5) is 24.1. The Morgan fingerprint density at radius 1 is 1.04 bits per heavy atom. The second kappa shape index (κ2) is 8.11. The fourth-order valence-corrected chi connectivity index (χ4v) is 3.26. The number of thiocarbonyl (C=S) groups is 1. The molecule has 0 unspecified atom stereocenters. The minimum Gasteiger partial charge on any atom is -0.488 e. The van der Waals surface area contributed by atoms with Gasteiger partial charge in [-0.25, -0.2) is 0 Å². The number of hydrogen-bond donors (Lipinski definition) is 2. The number of benzene rings is 2. The van der Waals surface area contributed by atoms with Crippen molar-refractivity contribution in [3.63, 3.8) is 0 Å². The molecule has 26 heavy (non-hydrogen) atoms. The van der Waals surface area contributed by atoms with E-state index in [0.29, 0.717) is 17.9 Å². The summed E-state index contributed by atoms with van der Waals surface area (Å²) in [6, 6.07) is 13.1. The Kier molecular flexibility index (Phi) is 5.85. The zero-order chi connectivity index (χ0) is 18.7. The van der Waals surface area contributed by atoms with Gasteiger partial charge in [-0.3, -0.25) is 20.2 Å². The van der Waals surface area contributed by atoms with E-state index < -0.39 is 11.8 Å². The number of rotatable bonds is 4.